The fraction of sp³-hybridized carbons (Fsp3) is 0.875. The molecule has 66 valence electrons. The molecule has 0 amide bonds. The second-order valence-electron chi connectivity index (χ2n) is 2.98. The fourth-order valence-electron chi connectivity index (χ4n) is 1.09. The Morgan fingerprint density at radius 2 is 2.09 bits per heavy atom. The van der Waals surface area contributed by atoms with Gasteiger partial charge in [0.1, 0.15) is 0 Å². The maximum absolute atomic E-state index is 10.2. The number of hydrogen-bond donors (Lipinski definition) is 2. The van der Waals surface area contributed by atoms with Crippen molar-refractivity contribution in [3.05, 3.63) is 0 Å². The molecule has 3 heteroatoms. The zero-order chi connectivity index (χ0) is 8.85. The van der Waals surface area contributed by atoms with Crippen LogP contribution in [-0.4, -0.2) is 22.3 Å². The van der Waals surface area contributed by atoms with Gasteiger partial charge in [-0.15, -0.1) is 0 Å². The third-order valence-electron chi connectivity index (χ3n) is 1.69. The summed E-state index contributed by atoms with van der Waals surface area (Å²) in [5.41, 5.74) is 0. The summed E-state index contributed by atoms with van der Waals surface area (Å²) in [5, 5.41) is 17.3. The van der Waals surface area contributed by atoms with Crippen LogP contribution in [-0.2, 0) is 4.79 Å². The topological polar surface area (TPSA) is 57.5 Å². The second kappa shape index (κ2) is 5.13. The zero-order valence-electron chi connectivity index (χ0n) is 7.08. The predicted octanol–water partition coefficient (Wildman–Crippen LogP) is 1.26. The second-order valence-corrected chi connectivity index (χ2v) is 2.98. The average Bonchev–Trinajstić information content (AvgIpc) is 1.87. The van der Waals surface area contributed by atoms with E-state index in [2.05, 4.69) is 0 Å². The molecule has 0 aromatic heterocycles. The Morgan fingerprint density at radius 1 is 1.55 bits per heavy atom. The standard InChI is InChI=1S/C8H16O3/c1-3-4-6(2)5-7(9)8(10)11/h6-7,9H,3-5H2,1-2H3,(H,10,11). The number of aliphatic carboxylic acids is 1. The monoisotopic (exact) mass is 160 g/mol. The van der Waals surface area contributed by atoms with Crippen molar-refractivity contribution >= 4 is 5.97 Å². The van der Waals surface area contributed by atoms with Crippen LogP contribution in [0.4, 0.5) is 0 Å². The van der Waals surface area contributed by atoms with Crippen LogP contribution in [0.15, 0.2) is 0 Å². The van der Waals surface area contributed by atoms with Crippen molar-refractivity contribution in [3.63, 3.8) is 0 Å². The molecular weight excluding hydrogens is 144 g/mol. The smallest absolute Gasteiger partial charge is 0.332 e. The van der Waals surface area contributed by atoms with E-state index in [1.165, 1.54) is 0 Å². The summed E-state index contributed by atoms with van der Waals surface area (Å²) in [5.74, 6) is -0.820. The number of aliphatic hydroxyl groups is 1. The molecule has 2 atom stereocenters. The van der Waals surface area contributed by atoms with Crippen LogP contribution >= 0.6 is 0 Å². The van der Waals surface area contributed by atoms with Crippen LogP contribution in [0.3, 0.4) is 0 Å². The van der Waals surface area contributed by atoms with Crippen molar-refractivity contribution in [2.75, 3.05) is 0 Å². The first-order chi connectivity index (χ1) is 5.07. The van der Waals surface area contributed by atoms with Crippen molar-refractivity contribution in [2.45, 2.75) is 39.2 Å². The molecule has 0 saturated carbocycles. The molecule has 2 unspecified atom stereocenters. The molecule has 0 aromatic rings. The van der Waals surface area contributed by atoms with Crippen LogP contribution in [0, 0.1) is 5.92 Å². The van der Waals surface area contributed by atoms with E-state index in [4.69, 9.17) is 10.2 Å². The largest absolute Gasteiger partial charge is 0.479 e. The molecule has 0 aliphatic rings. The third kappa shape index (κ3) is 4.79. The number of carboxylic acids is 1. The molecule has 11 heavy (non-hydrogen) atoms. The summed E-state index contributed by atoms with van der Waals surface area (Å²) < 4.78 is 0. The van der Waals surface area contributed by atoms with Crippen molar-refractivity contribution in [1.82, 2.24) is 0 Å². The first-order valence-corrected chi connectivity index (χ1v) is 3.98. The van der Waals surface area contributed by atoms with Crippen molar-refractivity contribution < 1.29 is 15.0 Å². The molecule has 0 spiro atoms. The first kappa shape index (κ1) is 10.4. The lowest BCUT2D eigenvalue weighted by Crippen LogP contribution is -2.21. The van der Waals surface area contributed by atoms with Crippen LogP contribution in [0.2, 0.25) is 0 Å². The van der Waals surface area contributed by atoms with Gasteiger partial charge in [0.2, 0.25) is 0 Å². The molecule has 0 saturated heterocycles. The highest BCUT2D eigenvalue weighted by atomic mass is 16.4. The quantitative estimate of drug-likeness (QED) is 0.636. The molecule has 0 heterocycles. The fourth-order valence-corrected chi connectivity index (χ4v) is 1.09. The molecule has 0 bridgehead atoms. The summed E-state index contributed by atoms with van der Waals surface area (Å²) in [6, 6.07) is 0. The highest BCUT2D eigenvalue weighted by molar-refractivity contribution is 5.71. The number of rotatable bonds is 5. The minimum Gasteiger partial charge on any atom is -0.479 e. The van der Waals surface area contributed by atoms with Gasteiger partial charge < -0.3 is 10.2 Å². The summed E-state index contributed by atoms with van der Waals surface area (Å²) in [6.45, 7) is 4.00. The molecule has 3 nitrogen and oxygen atoms in total. The SMILES string of the molecule is CCCC(C)CC(O)C(=O)O. The van der Waals surface area contributed by atoms with Gasteiger partial charge in [0.25, 0.3) is 0 Å². The van der Waals surface area contributed by atoms with Gasteiger partial charge in [-0.05, 0) is 12.3 Å². The Bertz CT molecular complexity index is 123. The lowest BCUT2D eigenvalue weighted by atomic mass is 9.99. The Labute approximate surface area is 67.0 Å². The van der Waals surface area contributed by atoms with E-state index in [-0.39, 0.29) is 0 Å². The average molecular weight is 160 g/mol. The number of carboxylic acid groups (broad SMARTS) is 1. The van der Waals surface area contributed by atoms with Crippen LogP contribution < -0.4 is 0 Å². The normalized spacial score (nSPS) is 15.9. The molecular formula is C8H16O3. The number of aliphatic hydroxyl groups excluding tert-OH is 1. The summed E-state index contributed by atoms with van der Waals surface area (Å²) in [6.07, 6.45) is 1.19. The molecule has 0 fully saturated rings. The molecule has 2 N–H and O–H groups in total. The lowest BCUT2D eigenvalue weighted by molar-refractivity contribution is -0.147. The van der Waals surface area contributed by atoms with Crippen molar-refractivity contribution in [1.29, 1.82) is 0 Å². The number of hydrogen-bond acceptors (Lipinski definition) is 2. The minimum absolute atomic E-state index is 0.297. The van der Waals surface area contributed by atoms with Crippen LogP contribution in [0.25, 0.3) is 0 Å². The van der Waals surface area contributed by atoms with E-state index in [0.29, 0.717) is 12.3 Å². The molecule has 0 rings (SSSR count). The molecule has 0 aliphatic carbocycles. The molecule has 0 aliphatic heterocycles. The Kier molecular flexibility index (Phi) is 4.86. The molecule has 0 radical (unpaired) electrons. The van der Waals surface area contributed by atoms with Gasteiger partial charge in [0, 0.05) is 0 Å². The van der Waals surface area contributed by atoms with Gasteiger partial charge in [0.05, 0.1) is 0 Å². The Balaban J connectivity index is 3.56. The minimum atomic E-state index is -1.18. The van der Waals surface area contributed by atoms with Gasteiger partial charge in [-0.2, -0.15) is 0 Å². The molecule has 0 aromatic carbocycles. The highest BCUT2D eigenvalue weighted by Crippen LogP contribution is 2.12. The first-order valence-electron chi connectivity index (χ1n) is 3.98. The van der Waals surface area contributed by atoms with Crippen molar-refractivity contribution in [3.8, 4) is 0 Å². The van der Waals surface area contributed by atoms with E-state index < -0.39 is 12.1 Å². The Hall–Kier alpha value is -0.570. The van der Waals surface area contributed by atoms with Gasteiger partial charge in [-0.1, -0.05) is 26.7 Å². The highest BCUT2D eigenvalue weighted by Gasteiger charge is 2.15. The van der Waals surface area contributed by atoms with Crippen LogP contribution in [0.5, 0.6) is 0 Å². The van der Waals surface area contributed by atoms with E-state index in [0.717, 1.165) is 12.8 Å². The third-order valence-corrected chi connectivity index (χ3v) is 1.69. The number of carbonyl (C=O) groups is 1. The summed E-state index contributed by atoms with van der Waals surface area (Å²) in [4.78, 5) is 10.2. The maximum Gasteiger partial charge on any atom is 0.332 e. The zero-order valence-corrected chi connectivity index (χ0v) is 7.08. The van der Waals surface area contributed by atoms with Gasteiger partial charge in [0.15, 0.2) is 6.10 Å². The van der Waals surface area contributed by atoms with Crippen LogP contribution in [0.1, 0.15) is 33.1 Å². The Morgan fingerprint density at radius 3 is 2.45 bits per heavy atom. The summed E-state index contributed by atoms with van der Waals surface area (Å²) >= 11 is 0. The van der Waals surface area contributed by atoms with Gasteiger partial charge in [-0.25, -0.2) is 4.79 Å². The van der Waals surface area contributed by atoms with E-state index in [1.54, 1.807) is 0 Å². The lowest BCUT2D eigenvalue weighted by Gasteiger charge is -2.11. The van der Waals surface area contributed by atoms with Gasteiger partial charge in [-0.3, -0.25) is 0 Å². The van der Waals surface area contributed by atoms with E-state index in [1.807, 2.05) is 13.8 Å². The predicted molar refractivity (Wildman–Crippen MR) is 42.3 cm³/mol. The van der Waals surface area contributed by atoms with Crippen molar-refractivity contribution in [2.24, 2.45) is 5.92 Å². The van der Waals surface area contributed by atoms with E-state index in [9.17, 15) is 4.79 Å². The summed E-state index contributed by atoms with van der Waals surface area (Å²) in [7, 11) is 0. The van der Waals surface area contributed by atoms with Gasteiger partial charge >= 0.3 is 5.97 Å². The maximum atomic E-state index is 10.2. The van der Waals surface area contributed by atoms with E-state index >= 15 is 0 Å².